The van der Waals surface area contributed by atoms with Crippen molar-refractivity contribution in [2.75, 3.05) is 0 Å². The molecule has 0 aliphatic heterocycles. The molecule has 0 saturated heterocycles. The number of rotatable bonds is 6. The summed E-state index contributed by atoms with van der Waals surface area (Å²) in [5.74, 6) is -0.421. The molecule has 0 unspecified atom stereocenters. The molecule has 0 amide bonds. The number of nitrogens with one attached hydrogen (secondary N) is 1. The van der Waals surface area contributed by atoms with Gasteiger partial charge >= 0.3 is 0 Å². The van der Waals surface area contributed by atoms with Crippen molar-refractivity contribution in [3.8, 4) is 11.3 Å². The molecular weight excluding hydrogens is 341 g/mol. The molecule has 1 heterocycles. The molecule has 7 heteroatoms. The van der Waals surface area contributed by atoms with Crippen molar-refractivity contribution >= 4 is 10.0 Å². The van der Waals surface area contributed by atoms with Crippen LogP contribution < -0.4 is 4.72 Å². The van der Waals surface area contributed by atoms with Crippen LogP contribution in [0.2, 0.25) is 0 Å². The van der Waals surface area contributed by atoms with Crippen LogP contribution in [0.5, 0.6) is 0 Å². The molecule has 5 nitrogen and oxygen atoms in total. The van der Waals surface area contributed by atoms with Crippen LogP contribution in [0.1, 0.15) is 11.3 Å². The first kappa shape index (κ1) is 17.2. The van der Waals surface area contributed by atoms with Crippen molar-refractivity contribution in [3.63, 3.8) is 0 Å². The minimum absolute atomic E-state index is 0.0614. The normalized spacial score (nSPS) is 11.4. The Bertz CT molecular complexity index is 946. The van der Waals surface area contributed by atoms with E-state index in [0.29, 0.717) is 17.0 Å². The second-order valence-electron chi connectivity index (χ2n) is 5.47. The summed E-state index contributed by atoms with van der Waals surface area (Å²) < 4.78 is 39.9. The van der Waals surface area contributed by atoms with Gasteiger partial charge in [-0.15, -0.1) is 0 Å². The van der Waals surface area contributed by atoms with Gasteiger partial charge in [0.25, 0.3) is 0 Å². The Labute approximate surface area is 145 Å². The first-order chi connectivity index (χ1) is 12.0. The molecule has 0 bridgehead atoms. The average Bonchev–Trinajstić information content (AvgIpc) is 2.61. The van der Waals surface area contributed by atoms with Gasteiger partial charge in [-0.25, -0.2) is 27.5 Å². The number of sulfonamides is 1. The summed E-state index contributed by atoms with van der Waals surface area (Å²) >= 11 is 0. The number of hydrogen-bond acceptors (Lipinski definition) is 4. The van der Waals surface area contributed by atoms with E-state index in [9.17, 15) is 12.8 Å². The first-order valence-electron chi connectivity index (χ1n) is 7.60. The molecule has 0 aliphatic rings. The van der Waals surface area contributed by atoms with Crippen LogP contribution in [0.4, 0.5) is 4.39 Å². The van der Waals surface area contributed by atoms with Crippen molar-refractivity contribution in [1.82, 2.24) is 14.7 Å². The molecule has 1 N–H and O–H groups in total. The van der Waals surface area contributed by atoms with Crippen LogP contribution in [0.15, 0.2) is 67.0 Å². The standard InChI is InChI=1S/C18H16FN3O2S/c19-16-8-6-15(7-9-16)18-10-17(20-13-21-18)11-22-25(23,24)12-14-4-2-1-3-5-14/h1-10,13,22H,11-12H2. The predicted octanol–water partition coefficient (Wildman–Crippen LogP) is 2.90. The van der Waals surface area contributed by atoms with E-state index in [0.717, 1.165) is 5.56 Å². The largest absolute Gasteiger partial charge is 0.240 e. The molecule has 25 heavy (non-hydrogen) atoms. The van der Waals surface area contributed by atoms with Crippen molar-refractivity contribution < 1.29 is 12.8 Å². The van der Waals surface area contributed by atoms with E-state index in [1.165, 1.54) is 18.5 Å². The lowest BCUT2D eigenvalue weighted by molar-refractivity contribution is 0.579. The maximum Gasteiger partial charge on any atom is 0.216 e. The molecular formula is C18H16FN3O2S. The Balaban J connectivity index is 1.69. The summed E-state index contributed by atoms with van der Waals surface area (Å²) in [5, 5.41) is 0. The molecule has 0 saturated carbocycles. The summed E-state index contributed by atoms with van der Waals surface area (Å²) in [5.41, 5.74) is 2.58. The van der Waals surface area contributed by atoms with Gasteiger partial charge in [0.1, 0.15) is 12.1 Å². The van der Waals surface area contributed by atoms with Gasteiger partial charge in [0.05, 0.1) is 23.7 Å². The van der Waals surface area contributed by atoms with Gasteiger partial charge in [-0.1, -0.05) is 30.3 Å². The maximum atomic E-state index is 13.0. The van der Waals surface area contributed by atoms with E-state index in [1.807, 2.05) is 6.07 Å². The predicted molar refractivity (Wildman–Crippen MR) is 93.3 cm³/mol. The van der Waals surface area contributed by atoms with Crippen molar-refractivity contribution in [2.24, 2.45) is 0 Å². The topological polar surface area (TPSA) is 72.0 Å². The average molecular weight is 357 g/mol. The van der Waals surface area contributed by atoms with E-state index < -0.39 is 10.0 Å². The Morgan fingerprint density at radius 3 is 2.40 bits per heavy atom. The molecule has 0 radical (unpaired) electrons. The summed E-state index contributed by atoms with van der Waals surface area (Å²) in [7, 11) is -3.48. The zero-order chi connectivity index (χ0) is 17.7. The lowest BCUT2D eigenvalue weighted by atomic mass is 10.1. The number of halogens is 1. The highest BCUT2D eigenvalue weighted by Gasteiger charge is 2.12. The van der Waals surface area contributed by atoms with Gasteiger partial charge in [-0.3, -0.25) is 0 Å². The van der Waals surface area contributed by atoms with E-state index in [1.54, 1.807) is 42.5 Å². The summed E-state index contributed by atoms with van der Waals surface area (Å²) in [6, 6.07) is 16.5. The highest BCUT2D eigenvalue weighted by Crippen LogP contribution is 2.17. The fourth-order valence-corrected chi connectivity index (χ4v) is 3.40. The number of nitrogens with zero attached hydrogens (tertiary/aromatic N) is 2. The second-order valence-corrected chi connectivity index (χ2v) is 7.27. The zero-order valence-corrected chi connectivity index (χ0v) is 14.1. The third kappa shape index (κ3) is 4.91. The van der Waals surface area contributed by atoms with Crippen molar-refractivity contribution in [1.29, 1.82) is 0 Å². The molecule has 1 aromatic heterocycles. The molecule has 0 atom stereocenters. The van der Waals surface area contributed by atoms with Gasteiger partial charge in [0.15, 0.2) is 0 Å². The van der Waals surface area contributed by atoms with E-state index in [-0.39, 0.29) is 18.1 Å². The smallest absolute Gasteiger partial charge is 0.216 e. The summed E-state index contributed by atoms with van der Waals surface area (Å²) in [6.45, 7) is 0.0614. The maximum absolute atomic E-state index is 13.0. The van der Waals surface area contributed by atoms with Crippen molar-refractivity contribution in [2.45, 2.75) is 12.3 Å². The summed E-state index contributed by atoms with van der Waals surface area (Å²) in [6.07, 6.45) is 1.36. The second kappa shape index (κ2) is 7.50. The quantitative estimate of drug-likeness (QED) is 0.736. The minimum Gasteiger partial charge on any atom is -0.240 e. The molecule has 0 spiro atoms. The number of hydrogen-bond donors (Lipinski definition) is 1. The third-order valence-corrected chi connectivity index (χ3v) is 4.83. The fourth-order valence-electron chi connectivity index (χ4n) is 2.30. The van der Waals surface area contributed by atoms with E-state index >= 15 is 0 Å². The van der Waals surface area contributed by atoms with Crippen LogP contribution in [0, 0.1) is 5.82 Å². The molecule has 3 aromatic rings. The first-order valence-corrected chi connectivity index (χ1v) is 9.25. The van der Waals surface area contributed by atoms with E-state index in [4.69, 9.17) is 0 Å². The number of aromatic nitrogens is 2. The fraction of sp³-hybridized carbons (Fsp3) is 0.111. The highest BCUT2D eigenvalue weighted by atomic mass is 32.2. The SMILES string of the molecule is O=S(=O)(Cc1ccccc1)NCc1cc(-c2ccc(F)cc2)ncn1. The van der Waals surface area contributed by atoms with Gasteiger partial charge in [0, 0.05) is 5.56 Å². The lowest BCUT2D eigenvalue weighted by Gasteiger charge is -2.07. The van der Waals surface area contributed by atoms with Gasteiger partial charge in [-0.05, 0) is 35.9 Å². The molecule has 2 aromatic carbocycles. The molecule has 0 fully saturated rings. The van der Waals surface area contributed by atoms with Crippen LogP contribution in [-0.2, 0) is 22.3 Å². The van der Waals surface area contributed by atoms with Crippen molar-refractivity contribution in [3.05, 3.63) is 84.1 Å². The van der Waals surface area contributed by atoms with E-state index in [2.05, 4.69) is 14.7 Å². The highest BCUT2D eigenvalue weighted by molar-refractivity contribution is 7.88. The van der Waals surface area contributed by atoms with Gasteiger partial charge < -0.3 is 0 Å². The minimum atomic E-state index is -3.48. The Morgan fingerprint density at radius 1 is 0.960 bits per heavy atom. The van der Waals surface area contributed by atoms with Crippen LogP contribution in [0.25, 0.3) is 11.3 Å². The lowest BCUT2D eigenvalue weighted by Crippen LogP contribution is -2.25. The van der Waals surface area contributed by atoms with Crippen LogP contribution >= 0.6 is 0 Å². The van der Waals surface area contributed by atoms with Crippen LogP contribution in [-0.4, -0.2) is 18.4 Å². The Kier molecular flexibility index (Phi) is 5.16. The number of benzene rings is 2. The molecule has 3 rings (SSSR count). The Hall–Kier alpha value is -2.64. The van der Waals surface area contributed by atoms with Gasteiger partial charge in [0.2, 0.25) is 10.0 Å². The van der Waals surface area contributed by atoms with Gasteiger partial charge in [-0.2, -0.15) is 0 Å². The molecule has 128 valence electrons. The summed E-state index contributed by atoms with van der Waals surface area (Å²) in [4.78, 5) is 8.22. The zero-order valence-electron chi connectivity index (χ0n) is 13.3. The third-order valence-electron chi connectivity index (χ3n) is 3.54. The van der Waals surface area contributed by atoms with Crippen LogP contribution in [0.3, 0.4) is 0 Å². The Morgan fingerprint density at radius 2 is 1.68 bits per heavy atom. The monoisotopic (exact) mass is 357 g/mol. The molecule has 0 aliphatic carbocycles.